The molecule has 8 aromatic rings. The van der Waals surface area contributed by atoms with Gasteiger partial charge in [-0.25, -0.2) is 9.97 Å². The number of anilines is 3. The number of nitrogens with one attached hydrogen (secondary N) is 1. The Kier molecular flexibility index (Phi) is 11.5. The molecule has 0 amide bonds. The van der Waals surface area contributed by atoms with Crippen LogP contribution in [0.2, 0.25) is 5.28 Å². The van der Waals surface area contributed by atoms with Crippen molar-refractivity contribution in [2.45, 2.75) is 0 Å². The predicted molar refractivity (Wildman–Crippen MR) is 201 cm³/mol. The van der Waals surface area contributed by atoms with Gasteiger partial charge in [-0.3, -0.25) is 20.2 Å². The van der Waals surface area contributed by atoms with Crippen molar-refractivity contribution in [3.05, 3.63) is 134 Å². The van der Waals surface area contributed by atoms with Gasteiger partial charge in [-0.2, -0.15) is 28.1 Å². The average Bonchev–Trinajstić information content (AvgIpc) is 3.85. The number of nitrogens with zero attached hydrogens (tertiary/aromatic N) is 12. The van der Waals surface area contributed by atoms with Crippen molar-refractivity contribution in [3.63, 3.8) is 0 Å². The number of nitrogen functional groups attached to an aromatic ring is 1. The molecule has 4 aromatic heterocycles. The topological polar surface area (TPSA) is 256 Å². The van der Waals surface area contributed by atoms with E-state index in [9.17, 15) is 29.0 Å². The molecule has 3 N–H and O–H groups in total. The van der Waals surface area contributed by atoms with Crippen molar-refractivity contribution in [3.8, 4) is 23.1 Å². The predicted octanol–water partition coefficient (Wildman–Crippen LogP) is 6.20. The summed E-state index contributed by atoms with van der Waals surface area (Å²) >= 11 is 5.73. The van der Waals surface area contributed by atoms with Gasteiger partial charge in [0.2, 0.25) is 22.9 Å². The van der Waals surface area contributed by atoms with Crippen LogP contribution in [0.3, 0.4) is 0 Å². The summed E-state index contributed by atoms with van der Waals surface area (Å²) in [6.07, 6.45) is 3.08. The van der Waals surface area contributed by atoms with E-state index in [0.717, 1.165) is 40.8 Å². The summed E-state index contributed by atoms with van der Waals surface area (Å²) in [5, 5.41) is 40.5. The number of benzene rings is 4. The first-order valence-corrected chi connectivity index (χ1v) is 16.3. The molecule has 288 valence electrons. The van der Waals surface area contributed by atoms with Gasteiger partial charge < -0.3 is 20.5 Å². The Morgan fingerprint density at radius 1 is 0.719 bits per heavy atom. The van der Waals surface area contributed by atoms with Crippen molar-refractivity contribution in [2.24, 2.45) is 0 Å². The van der Waals surface area contributed by atoms with Gasteiger partial charge in [-0.1, -0.05) is 34.7 Å². The van der Waals surface area contributed by atoms with Crippen LogP contribution in [0, 0.1) is 31.9 Å². The molecule has 0 saturated carbocycles. The zero-order chi connectivity index (χ0) is 40.6. The van der Waals surface area contributed by atoms with Crippen molar-refractivity contribution < 1.29 is 28.1 Å². The first kappa shape index (κ1) is 38.7. The summed E-state index contributed by atoms with van der Waals surface area (Å²) in [6.45, 7) is 0. The first-order chi connectivity index (χ1) is 27.5. The maximum atomic E-state index is 13.8. The van der Waals surface area contributed by atoms with Crippen molar-refractivity contribution in [2.75, 3.05) is 25.3 Å². The number of aromatic nitrogens is 10. The van der Waals surface area contributed by atoms with Crippen LogP contribution in [0.4, 0.5) is 37.5 Å². The molecule has 8 rings (SSSR count). The molecule has 0 atom stereocenters. The SMILES string of the molecule is COc1cc(F)c([N+](=O)[O-])cc1N.COc1cc(F)c([N+](=O)[O-])cc1Nc1nccc(-n2nnc3ccccc32)n1.Clc1nccc(-n2nnc3ccccc32)n1. The van der Waals surface area contributed by atoms with Gasteiger partial charge in [0.15, 0.2) is 11.6 Å². The molecule has 0 unspecified atom stereocenters. The number of para-hydroxylation sites is 2. The van der Waals surface area contributed by atoms with Crippen LogP contribution in [0.5, 0.6) is 11.5 Å². The second-order valence-electron chi connectivity index (χ2n) is 11.1. The van der Waals surface area contributed by atoms with Crippen LogP contribution in [0.15, 0.2) is 97.3 Å². The lowest BCUT2D eigenvalue weighted by Gasteiger charge is -2.11. The summed E-state index contributed by atoms with van der Waals surface area (Å²) < 4.78 is 39.6. The minimum atomic E-state index is -1.00. The summed E-state index contributed by atoms with van der Waals surface area (Å²) in [5.74, 6) is -0.648. The first-order valence-electron chi connectivity index (χ1n) is 16.0. The highest BCUT2D eigenvalue weighted by molar-refractivity contribution is 6.28. The Bertz CT molecular complexity index is 2750. The molecule has 4 heterocycles. The number of nitrogens with two attached hydrogens (primary N) is 1. The zero-order valence-electron chi connectivity index (χ0n) is 29.3. The van der Waals surface area contributed by atoms with E-state index in [4.69, 9.17) is 22.1 Å². The maximum Gasteiger partial charge on any atom is 0.307 e. The van der Waals surface area contributed by atoms with Crippen LogP contribution in [0.25, 0.3) is 33.7 Å². The van der Waals surface area contributed by atoms with Crippen LogP contribution < -0.4 is 20.5 Å². The van der Waals surface area contributed by atoms with E-state index in [1.165, 1.54) is 25.1 Å². The second kappa shape index (κ2) is 17.0. The Labute approximate surface area is 322 Å². The molecule has 0 spiro atoms. The van der Waals surface area contributed by atoms with Crippen molar-refractivity contribution >= 4 is 62.4 Å². The van der Waals surface area contributed by atoms with E-state index < -0.39 is 32.9 Å². The number of hydrogen-bond acceptors (Lipinski definition) is 16. The van der Waals surface area contributed by atoms with E-state index in [1.54, 1.807) is 23.0 Å². The van der Waals surface area contributed by atoms with E-state index in [0.29, 0.717) is 17.2 Å². The molecule has 0 bridgehead atoms. The Balaban J connectivity index is 0.000000160. The number of hydrogen-bond donors (Lipinski definition) is 2. The van der Waals surface area contributed by atoms with Gasteiger partial charge in [-0.05, 0) is 35.9 Å². The van der Waals surface area contributed by atoms with Crippen LogP contribution >= 0.6 is 11.6 Å². The molecule has 20 nitrogen and oxygen atoms in total. The summed E-state index contributed by atoms with van der Waals surface area (Å²) in [6, 6.07) is 22.1. The third kappa shape index (κ3) is 8.70. The quantitative estimate of drug-likeness (QED) is 0.0751. The molecular formula is C34H25ClF2N14O6. The highest BCUT2D eigenvalue weighted by Gasteiger charge is 2.20. The van der Waals surface area contributed by atoms with E-state index >= 15 is 0 Å². The van der Waals surface area contributed by atoms with Crippen LogP contribution in [-0.2, 0) is 0 Å². The Morgan fingerprint density at radius 3 is 1.77 bits per heavy atom. The van der Waals surface area contributed by atoms with Crippen molar-refractivity contribution in [1.29, 1.82) is 0 Å². The second-order valence-corrected chi connectivity index (χ2v) is 11.4. The van der Waals surface area contributed by atoms with Gasteiger partial charge in [0.05, 0.1) is 46.5 Å². The standard InChI is InChI=1S/C17H12FN7O3.C10H6ClN5.C7H7FN2O3/c1-28-15-8-10(18)14(25(26)27)9-12(15)20-17-19-7-6-16(21-17)24-13-5-3-2-4-11(13)22-23-24;11-10-12-6-5-9(13-10)16-8-4-2-1-3-7(8)14-15-16;1-13-7-2-4(8)6(10(11)12)3-5(7)9/h2-9H,1H3,(H,19,20,21);1-6H;2-3H,9H2,1H3. The minimum absolute atomic E-state index is 0.0376. The molecule has 0 saturated heterocycles. The number of fused-ring (bicyclic) bond motifs is 2. The van der Waals surface area contributed by atoms with Gasteiger partial charge >= 0.3 is 11.4 Å². The Hall–Kier alpha value is -8.01. The number of rotatable bonds is 8. The number of halogens is 3. The van der Waals surface area contributed by atoms with E-state index in [1.807, 2.05) is 48.5 Å². The third-order valence-corrected chi connectivity index (χ3v) is 7.78. The van der Waals surface area contributed by atoms with Crippen LogP contribution in [0.1, 0.15) is 0 Å². The zero-order valence-corrected chi connectivity index (χ0v) is 30.0. The fourth-order valence-corrected chi connectivity index (χ4v) is 5.14. The number of nitro benzene ring substituents is 2. The molecule has 4 aromatic carbocycles. The summed E-state index contributed by atoms with van der Waals surface area (Å²) in [4.78, 5) is 35.9. The smallest absolute Gasteiger partial charge is 0.307 e. The number of ether oxygens (including phenoxy) is 2. The lowest BCUT2D eigenvalue weighted by atomic mass is 10.2. The summed E-state index contributed by atoms with van der Waals surface area (Å²) in [5.41, 5.74) is 7.34. The fourth-order valence-electron chi connectivity index (χ4n) is 4.99. The van der Waals surface area contributed by atoms with Gasteiger partial charge in [-0.15, -0.1) is 10.2 Å². The van der Waals surface area contributed by atoms with Gasteiger partial charge in [0.1, 0.15) is 22.5 Å². The maximum absolute atomic E-state index is 13.8. The van der Waals surface area contributed by atoms with Crippen LogP contribution in [-0.4, -0.2) is 74.0 Å². The van der Waals surface area contributed by atoms with Gasteiger partial charge in [0.25, 0.3) is 0 Å². The Morgan fingerprint density at radius 2 is 1.23 bits per heavy atom. The average molecular weight is 799 g/mol. The molecule has 0 aliphatic carbocycles. The number of nitro groups is 2. The lowest BCUT2D eigenvalue weighted by Crippen LogP contribution is -2.05. The van der Waals surface area contributed by atoms with Gasteiger partial charge in [0, 0.05) is 48.8 Å². The monoisotopic (exact) mass is 798 g/mol. The minimum Gasteiger partial charge on any atom is -0.494 e. The number of methoxy groups -OCH3 is 2. The van der Waals surface area contributed by atoms with E-state index in [-0.39, 0.29) is 34.1 Å². The lowest BCUT2D eigenvalue weighted by molar-refractivity contribution is -0.387. The molecule has 23 heteroatoms. The summed E-state index contributed by atoms with van der Waals surface area (Å²) in [7, 11) is 2.63. The van der Waals surface area contributed by atoms with E-state index in [2.05, 4.69) is 50.6 Å². The van der Waals surface area contributed by atoms with Crippen molar-refractivity contribution in [1.82, 2.24) is 49.9 Å². The molecular weight excluding hydrogens is 774 g/mol. The molecule has 0 fully saturated rings. The highest BCUT2D eigenvalue weighted by Crippen LogP contribution is 2.33. The molecule has 0 radical (unpaired) electrons. The third-order valence-electron chi connectivity index (χ3n) is 7.60. The molecule has 57 heavy (non-hydrogen) atoms. The highest BCUT2D eigenvalue weighted by atomic mass is 35.5. The molecule has 0 aliphatic rings. The largest absolute Gasteiger partial charge is 0.494 e. The fraction of sp³-hybridized carbons (Fsp3) is 0.0588. The normalized spacial score (nSPS) is 10.5. The molecule has 0 aliphatic heterocycles.